The molecule has 0 atom stereocenters. The van der Waals surface area contributed by atoms with Crippen molar-refractivity contribution >= 4 is 17.4 Å². The van der Waals surface area contributed by atoms with E-state index in [1.54, 1.807) is 19.2 Å². The number of ether oxygens (including phenoxy) is 1. The van der Waals surface area contributed by atoms with Gasteiger partial charge in [-0.2, -0.15) is 0 Å². The van der Waals surface area contributed by atoms with Crippen LogP contribution in [0.1, 0.15) is 44.9 Å². The second-order valence-corrected chi connectivity index (χ2v) is 5.44. The second kappa shape index (κ2) is 5.67. The molecule has 5 nitrogen and oxygen atoms in total. The molecular formula is C17H18N2O3. The molecule has 0 saturated heterocycles. The summed E-state index contributed by atoms with van der Waals surface area (Å²) in [5.41, 5.74) is 3.43. The Morgan fingerprint density at radius 3 is 2.86 bits per heavy atom. The number of anilines is 1. The van der Waals surface area contributed by atoms with E-state index in [0.29, 0.717) is 29.1 Å². The molecule has 5 heteroatoms. The van der Waals surface area contributed by atoms with Crippen LogP contribution in [0, 0.1) is 6.92 Å². The summed E-state index contributed by atoms with van der Waals surface area (Å²) >= 11 is 0. The maximum Gasteiger partial charge on any atom is 0.272 e. The minimum atomic E-state index is -0.243. The molecule has 1 aromatic heterocycles. The number of amides is 1. The van der Waals surface area contributed by atoms with Gasteiger partial charge in [-0.15, -0.1) is 0 Å². The molecule has 2 aromatic rings. The second-order valence-electron chi connectivity index (χ2n) is 5.44. The number of aromatic nitrogens is 1. The molecule has 22 heavy (non-hydrogen) atoms. The third-order valence-electron chi connectivity index (χ3n) is 3.99. The Hall–Kier alpha value is -2.56. The van der Waals surface area contributed by atoms with Gasteiger partial charge in [0.25, 0.3) is 5.91 Å². The van der Waals surface area contributed by atoms with E-state index in [4.69, 9.17) is 4.74 Å². The highest BCUT2D eigenvalue weighted by Gasteiger charge is 2.26. The summed E-state index contributed by atoms with van der Waals surface area (Å²) in [5, 5.41) is 2.84. The number of fused-ring (bicyclic) bond motifs is 1. The molecule has 1 aromatic carbocycles. The standard InChI is InChI=1S/C17H18N2O3/c1-10-15-13(7-4-8-14(15)20)19-16(10)17(21)18-11-5-3-6-12(9-11)22-2/h3,5-6,9,19H,4,7-8H2,1-2H3,(H,18,21). The Bertz CT molecular complexity index is 746. The number of nitrogens with one attached hydrogen (secondary N) is 2. The predicted molar refractivity (Wildman–Crippen MR) is 83.7 cm³/mol. The summed E-state index contributed by atoms with van der Waals surface area (Å²) in [6, 6.07) is 7.17. The molecule has 0 radical (unpaired) electrons. The van der Waals surface area contributed by atoms with E-state index in [2.05, 4.69) is 10.3 Å². The van der Waals surface area contributed by atoms with Crippen molar-refractivity contribution in [3.63, 3.8) is 0 Å². The number of hydrogen-bond acceptors (Lipinski definition) is 3. The van der Waals surface area contributed by atoms with E-state index in [1.165, 1.54) is 0 Å². The van der Waals surface area contributed by atoms with Gasteiger partial charge >= 0.3 is 0 Å². The van der Waals surface area contributed by atoms with Crippen molar-refractivity contribution in [3.8, 4) is 5.75 Å². The van der Waals surface area contributed by atoms with E-state index in [9.17, 15) is 9.59 Å². The van der Waals surface area contributed by atoms with E-state index in [-0.39, 0.29) is 11.7 Å². The topological polar surface area (TPSA) is 71.2 Å². The first-order valence-electron chi connectivity index (χ1n) is 7.30. The van der Waals surface area contributed by atoms with Crippen LogP contribution in [0.4, 0.5) is 5.69 Å². The molecule has 1 amide bonds. The summed E-state index contributed by atoms with van der Waals surface area (Å²) < 4.78 is 5.14. The predicted octanol–water partition coefficient (Wildman–Crippen LogP) is 3.10. The molecule has 1 aliphatic carbocycles. The van der Waals surface area contributed by atoms with Crippen molar-refractivity contribution in [1.82, 2.24) is 4.98 Å². The summed E-state index contributed by atoms with van der Waals surface area (Å²) in [4.78, 5) is 27.6. The molecule has 0 unspecified atom stereocenters. The summed E-state index contributed by atoms with van der Waals surface area (Å²) in [6.45, 7) is 1.82. The fourth-order valence-electron chi connectivity index (χ4n) is 2.90. The quantitative estimate of drug-likeness (QED) is 0.914. The first-order chi connectivity index (χ1) is 10.6. The maximum atomic E-state index is 12.5. The molecule has 114 valence electrons. The Morgan fingerprint density at radius 1 is 1.32 bits per heavy atom. The van der Waals surface area contributed by atoms with Crippen LogP contribution in [0.25, 0.3) is 0 Å². The van der Waals surface area contributed by atoms with Gasteiger partial charge in [-0.1, -0.05) is 6.07 Å². The van der Waals surface area contributed by atoms with E-state index in [0.717, 1.165) is 24.1 Å². The molecule has 0 spiro atoms. The molecule has 0 bridgehead atoms. The number of H-pyrrole nitrogens is 1. The van der Waals surface area contributed by atoms with E-state index < -0.39 is 0 Å². The Kier molecular flexibility index (Phi) is 3.71. The number of hydrogen-bond donors (Lipinski definition) is 2. The average Bonchev–Trinajstić information content (AvgIpc) is 2.86. The van der Waals surface area contributed by atoms with Gasteiger partial charge in [0.2, 0.25) is 0 Å². The van der Waals surface area contributed by atoms with Gasteiger partial charge in [0.15, 0.2) is 5.78 Å². The van der Waals surface area contributed by atoms with Crippen LogP contribution in [0.5, 0.6) is 5.75 Å². The number of rotatable bonds is 3. The van der Waals surface area contributed by atoms with Crippen LogP contribution >= 0.6 is 0 Å². The fourth-order valence-corrected chi connectivity index (χ4v) is 2.90. The lowest BCUT2D eigenvalue weighted by Gasteiger charge is -2.09. The molecule has 2 N–H and O–H groups in total. The van der Waals surface area contributed by atoms with Crippen LogP contribution in [-0.2, 0) is 6.42 Å². The maximum absolute atomic E-state index is 12.5. The molecule has 1 aliphatic rings. The number of carbonyl (C=O) groups is 2. The van der Waals surface area contributed by atoms with Crippen molar-refractivity contribution in [3.05, 3.63) is 46.8 Å². The summed E-state index contributed by atoms with van der Waals surface area (Å²) in [7, 11) is 1.58. The minimum absolute atomic E-state index is 0.121. The number of aromatic amines is 1. The van der Waals surface area contributed by atoms with Crippen LogP contribution in [0.15, 0.2) is 24.3 Å². The molecule has 0 fully saturated rings. The van der Waals surface area contributed by atoms with Gasteiger partial charge in [0.05, 0.1) is 7.11 Å². The lowest BCUT2D eigenvalue weighted by molar-refractivity contribution is 0.0971. The Morgan fingerprint density at radius 2 is 2.14 bits per heavy atom. The monoisotopic (exact) mass is 298 g/mol. The van der Waals surface area contributed by atoms with Crippen LogP contribution in [-0.4, -0.2) is 23.8 Å². The zero-order valence-electron chi connectivity index (χ0n) is 12.7. The van der Waals surface area contributed by atoms with Gasteiger partial charge in [-0.25, -0.2) is 0 Å². The van der Waals surface area contributed by atoms with Gasteiger partial charge in [-0.05, 0) is 37.5 Å². The van der Waals surface area contributed by atoms with Crippen LogP contribution in [0.2, 0.25) is 0 Å². The first kappa shape index (κ1) is 14.4. The summed E-state index contributed by atoms with van der Waals surface area (Å²) in [5.74, 6) is 0.555. The van der Waals surface area contributed by atoms with Gasteiger partial charge in [-0.3, -0.25) is 9.59 Å². The fraction of sp³-hybridized carbons (Fsp3) is 0.294. The largest absolute Gasteiger partial charge is 0.497 e. The van der Waals surface area contributed by atoms with Crippen LogP contribution in [0.3, 0.4) is 0 Å². The van der Waals surface area contributed by atoms with Crippen molar-refractivity contribution in [2.45, 2.75) is 26.2 Å². The van der Waals surface area contributed by atoms with Gasteiger partial charge in [0.1, 0.15) is 11.4 Å². The third kappa shape index (κ3) is 2.50. The molecule has 0 aliphatic heterocycles. The zero-order chi connectivity index (χ0) is 15.7. The Balaban J connectivity index is 1.88. The number of aryl methyl sites for hydroxylation is 1. The van der Waals surface area contributed by atoms with Crippen molar-refractivity contribution in [2.24, 2.45) is 0 Å². The number of Topliss-reactive ketones (excluding diaryl/α,β-unsaturated/α-hetero) is 1. The van der Waals surface area contributed by atoms with Crippen molar-refractivity contribution < 1.29 is 14.3 Å². The van der Waals surface area contributed by atoms with Crippen LogP contribution < -0.4 is 10.1 Å². The smallest absolute Gasteiger partial charge is 0.272 e. The molecule has 0 saturated carbocycles. The molecule has 1 heterocycles. The average molecular weight is 298 g/mol. The van der Waals surface area contributed by atoms with E-state index in [1.807, 2.05) is 19.1 Å². The number of ketones is 1. The Labute approximate surface area is 128 Å². The number of carbonyl (C=O) groups excluding carboxylic acids is 2. The first-order valence-corrected chi connectivity index (χ1v) is 7.30. The highest BCUT2D eigenvalue weighted by Crippen LogP contribution is 2.27. The number of methoxy groups -OCH3 is 1. The lowest BCUT2D eigenvalue weighted by Crippen LogP contribution is -2.14. The van der Waals surface area contributed by atoms with Crippen molar-refractivity contribution in [1.29, 1.82) is 0 Å². The number of benzene rings is 1. The van der Waals surface area contributed by atoms with E-state index >= 15 is 0 Å². The highest BCUT2D eigenvalue weighted by atomic mass is 16.5. The third-order valence-corrected chi connectivity index (χ3v) is 3.99. The SMILES string of the molecule is COc1cccc(NC(=O)c2[nH]c3c(c2C)C(=O)CCC3)c1. The highest BCUT2D eigenvalue weighted by molar-refractivity contribution is 6.08. The molecular weight excluding hydrogens is 280 g/mol. The lowest BCUT2D eigenvalue weighted by atomic mass is 9.94. The summed E-state index contributed by atoms with van der Waals surface area (Å²) in [6.07, 6.45) is 2.21. The normalized spacial score (nSPS) is 13.6. The van der Waals surface area contributed by atoms with Gasteiger partial charge < -0.3 is 15.0 Å². The molecule has 3 rings (SSSR count). The van der Waals surface area contributed by atoms with Crippen molar-refractivity contribution in [2.75, 3.05) is 12.4 Å². The minimum Gasteiger partial charge on any atom is -0.497 e. The zero-order valence-corrected chi connectivity index (χ0v) is 12.7. The van der Waals surface area contributed by atoms with Gasteiger partial charge in [0, 0.05) is 29.4 Å².